The van der Waals surface area contributed by atoms with Crippen molar-refractivity contribution in [2.45, 2.75) is 0 Å². The highest BCUT2D eigenvalue weighted by atomic mass is 35.5. The number of nitrogens with zero attached hydrogens (tertiary/aromatic N) is 1. The van der Waals surface area contributed by atoms with Crippen molar-refractivity contribution in [2.75, 3.05) is 5.32 Å². The van der Waals surface area contributed by atoms with Crippen LogP contribution in [0.4, 0.5) is 24.5 Å². The van der Waals surface area contributed by atoms with Crippen LogP contribution < -0.4 is 10.6 Å². The maximum atomic E-state index is 13.7. The van der Waals surface area contributed by atoms with Gasteiger partial charge >= 0.3 is 5.69 Å². The summed E-state index contributed by atoms with van der Waals surface area (Å²) in [5.74, 6) is -4.14. The molecule has 0 saturated heterocycles. The second-order valence-electron chi connectivity index (χ2n) is 4.67. The highest BCUT2D eigenvalue weighted by Crippen LogP contribution is 2.37. The van der Waals surface area contributed by atoms with Crippen molar-refractivity contribution >= 4 is 57.8 Å². The molecule has 0 aromatic heterocycles. The van der Waals surface area contributed by atoms with Crippen molar-refractivity contribution in [2.24, 2.45) is 0 Å². The third-order valence-electron chi connectivity index (χ3n) is 2.97. The molecule has 0 radical (unpaired) electrons. The lowest BCUT2D eigenvalue weighted by Crippen LogP contribution is -2.34. The topological polar surface area (TPSA) is 84.3 Å². The summed E-state index contributed by atoms with van der Waals surface area (Å²) in [6.45, 7) is 0. The van der Waals surface area contributed by atoms with Gasteiger partial charge in [-0.3, -0.25) is 20.2 Å². The fourth-order valence-corrected chi connectivity index (χ4v) is 2.60. The zero-order valence-electron chi connectivity index (χ0n) is 12.3. The molecule has 26 heavy (non-hydrogen) atoms. The van der Waals surface area contributed by atoms with E-state index in [1.54, 1.807) is 0 Å². The van der Waals surface area contributed by atoms with Crippen LogP contribution in [-0.2, 0) is 0 Å². The monoisotopic (exact) mass is 423 g/mol. The zero-order valence-corrected chi connectivity index (χ0v) is 14.6. The first kappa shape index (κ1) is 19.9. The van der Waals surface area contributed by atoms with Gasteiger partial charge in [0.2, 0.25) is 0 Å². The summed E-state index contributed by atoms with van der Waals surface area (Å²) in [6, 6.07) is 3.16. The Labute approximate surface area is 159 Å². The maximum Gasteiger partial charge on any atom is 0.310 e. The number of thiocarbonyl (C=S) groups is 1. The van der Waals surface area contributed by atoms with Crippen LogP contribution in [0.5, 0.6) is 0 Å². The van der Waals surface area contributed by atoms with Gasteiger partial charge in [0.25, 0.3) is 5.91 Å². The average Bonchev–Trinajstić information content (AvgIpc) is 2.53. The summed E-state index contributed by atoms with van der Waals surface area (Å²) < 4.78 is 40.1. The molecule has 6 nitrogen and oxygen atoms in total. The van der Waals surface area contributed by atoms with Gasteiger partial charge < -0.3 is 5.32 Å². The number of hydrogen-bond donors (Lipinski definition) is 2. The molecule has 0 heterocycles. The largest absolute Gasteiger partial charge is 0.330 e. The second kappa shape index (κ2) is 7.85. The molecule has 0 atom stereocenters. The number of carbonyl (C=O) groups excluding carboxylic acids is 1. The quantitative estimate of drug-likeness (QED) is 0.329. The highest BCUT2D eigenvalue weighted by molar-refractivity contribution is 7.80. The number of nitro benzene ring substituents is 1. The molecule has 0 bridgehead atoms. The van der Waals surface area contributed by atoms with E-state index in [1.807, 2.05) is 5.32 Å². The summed E-state index contributed by atoms with van der Waals surface area (Å²) in [5.41, 5.74) is -1.83. The van der Waals surface area contributed by atoms with Crippen LogP contribution in [0.3, 0.4) is 0 Å². The third kappa shape index (κ3) is 4.21. The van der Waals surface area contributed by atoms with Crippen molar-refractivity contribution in [3.63, 3.8) is 0 Å². The molecular weight excluding hydrogens is 418 g/mol. The first-order chi connectivity index (χ1) is 12.1. The number of carbonyl (C=O) groups is 1. The predicted octanol–water partition coefficient (Wildman–Crippen LogP) is 4.45. The molecule has 2 rings (SSSR count). The number of nitro groups is 1. The van der Waals surface area contributed by atoms with Crippen LogP contribution in [-0.4, -0.2) is 15.9 Å². The molecule has 0 spiro atoms. The molecule has 1 amide bonds. The Kier molecular flexibility index (Phi) is 6.01. The minimum atomic E-state index is -1.24. The zero-order chi connectivity index (χ0) is 19.6. The summed E-state index contributed by atoms with van der Waals surface area (Å²) >= 11 is 16.0. The minimum absolute atomic E-state index is 0.240. The van der Waals surface area contributed by atoms with Gasteiger partial charge in [0.05, 0.1) is 16.2 Å². The van der Waals surface area contributed by atoms with Crippen LogP contribution >= 0.6 is 35.4 Å². The van der Waals surface area contributed by atoms with Gasteiger partial charge in [-0.25, -0.2) is 13.2 Å². The fourth-order valence-electron chi connectivity index (χ4n) is 1.83. The van der Waals surface area contributed by atoms with Gasteiger partial charge in [-0.2, -0.15) is 0 Å². The average molecular weight is 424 g/mol. The van der Waals surface area contributed by atoms with Crippen LogP contribution in [0.1, 0.15) is 10.4 Å². The van der Waals surface area contributed by atoms with Gasteiger partial charge in [0.15, 0.2) is 10.1 Å². The van der Waals surface area contributed by atoms with Crippen molar-refractivity contribution in [3.05, 3.63) is 67.4 Å². The molecule has 2 aromatic rings. The molecular formula is C14H6Cl2F3N3O3S. The normalized spacial score (nSPS) is 10.3. The van der Waals surface area contributed by atoms with E-state index < -0.39 is 54.7 Å². The first-order valence-corrected chi connectivity index (χ1v) is 7.67. The summed E-state index contributed by atoms with van der Waals surface area (Å²) in [6.07, 6.45) is 0. The van der Waals surface area contributed by atoms with E-state index in [9.17, 15) is 28.1 Å². The molecule has 2 aromatic carbocycles. The van der Waals surface area contributed by atoms with E-state index in [2.05, 4.69) is 5.32 Å². The lowest BCUT2D eigenvalue weighted by Gasteiger charge is -2.11. The Bertz CT molecular complexity index is 943. The molecule has 136 valence electrons. The van der Waals surface area contributed by atoms with Gasteiger partial charge in [0.1, 0.15) is 22.5 Å². The fraction of sp³-hybridized carbons (Fsp3) is 0. The lowest BCUT2D eigenvalue weighted by molar-refractivity contribution is -0.384. The van der Waals surface area contributed by atoms with Crippen molar-refractivity contribution in [3.8, 4) is 0 Å². The molecule has 2 N–H and O–H groups in total. The van der Waals surface area contributed by atoms with Gasteiger partial charge in [-0.1, -0.05) is 23.2 Å². The Morgan fingerprint density at radius 1 is 1.12 bits per heavy atom. The van der Waals surface area contributed by atoms with E-state index in [-0.39, 0.29) is 5.69 Å². The van der Waals surface area contributed by atoms with Gasteiger partial charge in [0, 0.05) is 6.07 Å². The molecule has 0 aliphatic rings. The first-order valence-electron chi connectivity index (χ1n) is 6.51. The molecule has 0 saturated carbocycles. The van der Waals surface area contributed by atoms with E-state index in [1.165, 1.54) is 0 Å². The number of amides is 1. The molecule has 0 aliphatic heterocycles. The summed E-state index contributed by atoms with van der Waals surface area (Å²) in [4.78, 5) is 22.0. The number of nitrogens with one attached hydrogen (secondary N) is 2. The van der Waals surface area contributed by atoms with Crippen LogP contribution in [0.25, 0.3) is 0 Å². The SMILES string of the molecule is O=C(NC(=S)Nc1ccc(F)cc1F)c1cc(F)c(Cl)c([N+](=O)[O-])c1Cl. The smallest absolute Gasteiger partial charge is 0.310 e. The standard InChI is InChI=1S/C14H6Cl2F3N3O3S/c15-10-6(4-8(19)11(16)12(10)22(24)25)13(23)21-14(26)20-9-2-1-5(17)3-7(9)18/h1-4H,(H2,20,21,23,26). The lowest BCUT2D eigenvalue weighted by atomic mass is 10.1. The third-order valence-corrected chi connectivity index (χ3v) is 3.91. The summed E-state index contributed by atoms with van der Waals surface area (Å²) in [7, 11) is 0. The summed E-state index contributed by atoms with van der Waals surface area (Å²) in [5, 5.41) is 13.3. The maximum absolute atomic E-state index is 13.7. The number of rotatable bonds is 3. The number of anilines is 1. The minimum Gasteiger partial charge on any atom is -0.330 e. The van der Waals surface area contributed by atoms with Gasteiger partial charge in [-0.05, 0) is 30.4 Å². The van der Waals surface area contributed by atoms with E-state index in [0.717, 1.165) is 12.1 Å². The van der Waals surface area contributed by atoms with E-state index in [0.29, 0.717) is 12.1 Å². The Morgan fingerprint density at radius 2 is 1.77 bits per heavy atom. The Balaban J connectivity index is 2.24. The molecule has 0 aliphatic carbocycles. The van der Waals surface area contributed by atoms with Crippen LogP contribution in [0.15, 0.2) is 24.3 Å². The van der Waals surface area contributed by atoms with E-state index >= 15 is 0 Å². The van der Waals surface area contributed by atoms with Crippen molar-refractivity contribution < 1.29 is 22.9 Å². The van der Waals surface area contributed by atoms with Crippen molar-refractivity contribution in [1.82, 2.24) is 5.32 Å². The van der Waals surface area contributed by atoms with Crippen LogP contribution in [0.2, 0.25) is 10.0 Å². The molecule has 0 unspecified atom stereocenters. The number of halogens is 5. The van der Waals surface area contributed by atoms with Crippen molar-refractivity contribution in [1.29, 1.82) is 0 Å². The molecule has 0 fully saturated rings. The number of hydrogen-bond acceptors (Lipinski definition) is 4. The van der Waals surface area contributed by atoms with Crippen LogP contribution in [0, 0.1) is 27.6 Å². The van der Waals surface area contributed by atoms with Gasteiger partial charge in [-0.15, -0.1) is 0 Å². The Hall–Kier alpha value is -2.43. The second-order valence-corrected chi connectivity index (χ2v) is 5.84. The highest BCUT2D eigenvalue weighted by Gasteiger charge is 2.28. The number of benzene rings is 2. The Morgan fingerprint density at radius 3 is 2.35 bits per heavy atom. The van der Waals surface area contributed by atoms with E-state index in [4.69, 9.17) is 35.4 Å². The predicted molar refractivity (Wildman–Crippen MR) is 93.1 cm³/mol. The molecule has 12 heteroatoms.